The van der Waals surface area contributed by atoms with Crippen LogP contribution < -0.4 is 5.90 Å². The Bertz CT molecular complexity index is 985. The van der Waals surface area contributed by atoms with Crippen LogP contribution in [0.2, 0.25) is 0 Å². The van der Waals surface area contributed by atoms with E-state index in [-0.39, 0.29) is 18.5 Å². The number of carboxylic acids is 1. The van der Waals surface area contributed by atoms with Gasteiger partial charge in [-0.1, -0.05) is 129 Å². The molecule has 2 atom stereocenters. The number of nitrogens with two attached hydrogens (primary N) is 1. The number of carboxylic acid groups (broad SMARTS) is 1. The summed E-state index contributed by atoms with van der Waals surface area (Å²) >= 11 is 1.63. The molecule has 6 N–H and O–H groups in total. The van der Waals surface area contributed by atoms with Gasteiger partial charge in [-0.25, -0.2) is 13.8 Å². The molecule has 0 aromatic rings. The summed E-state index contributed by atoms with van der Waals surface area (Å²) in [7, 11) is -3.34. The highest BCUT2D eigenvalue weighted by atomic mass is 33.1. The lowest BCUT2D eigenvalue weighted by Crippen LogP contribution is -2.23. The first-order valence-electron chi connectivity index (χ1n) is 19.6. The van der Waals surface area contributed by atoms with Gasteiger partial charge in [0.15, 0.2) is 0 Å². The number of unbranched alkanes of at least 4 members (excludes halogenated alkanes) is 18. The molecule has 15 nitrogen and oxygen atoms in total. The molecule has 0 rings (SSSR count). The van der Waals surface area contributed by atoms with Crippen LogP contribution in [0.5, 0.6) is 0 Å². The Labute approximate surface area is 342 Å². The maximum absolute atomic E-state index is 11.8. The number of aliphatic carboxylic acids is 1. The fourth-order valence-electron chi connectivity index (χ4n) is 4.50. The van der Waals surface area contributed by atoms with E-state index in [0.29, 0.717) is 59.1 Å². The third-order valence-electron chi connectivity index (χ3n) is 7.46. The molecule has 0 heterocycles. The maximum Gasteiger partial charge on any atom is 0.397 e. The average molecular weight is 870 g/mol. The van der Waals surface area contributed by atoms with Gasteiger partial charge in [0.2, 0.25) is 10.9 Å². The van der Waals surface area contributed by atoms with Gasteiger partial charge in [-0.15, -0.1) is 0 Å². The smallest absolute Gasteiger partial charge is 0.397 e. The van der Waals surface area contributed by atoms with Crippen LogP contribution in [-0.4, -0.2) is 94.4 Å². The van der Waals surface area contributed by atoms with E-state index in [1.54, 1.807) is 11.8 Å². The maximum atomic E-state index is 11.8. The molecule has 0 aliphatic rings. The number of aliphatic hydroxyl groups excluding tert-OH is 2. The van der Waals surface area contributed by atoms with E-state index in [9.17, 15) is 27.6 Å². The molecule has 0 saturated heterocycles. The molecule has 328 valence electrons. The van der Waals surface area contributed by atoms with Gasteiger partial charge in [-0.3, -0.25) is 14.1 Å². The third-order valence-corrected chi connectivity index (χ3v) is 11.3. The van der Waals surface area contributed by atoms with Crippen LogP contribution >= 0.6 is 33.3 Å². The number of carbonyl (C=O) groups is 4. The summed E-state index contributed by atoms with van der Waals surface area (Å²) in [5, 5.41) is 25.7. The van der Waals surface area contributed by atoms with Crippen LogP contribution in [0.15, 0.2) is 0 Å². The fraction of sp³-hybridized carbons (Fsp3) is 0.889. The number of aliphatic hydroxyl groups is 2. The second kappa shape index (κ2) is 43.8. The van der Waals surface area contributed by atoms with Gasteiger partial charge in [0.25, 0.3) is 0 Å². The van der Waals surface area contributed by atoms with Crippen LogP contribution in [0.25, 0.3) is 0 Å². The molecule has 0 aromatic heterocycles. The lowest BCUT2D eigenvalue weighted by molar-refractivity contribution is -0.149. The van der Waals surface area contributed by atoms with E-state index in [1.807, 2.05) is 0 Å². The van der Waals surface area contributed by atoms with Crippen molar-refractivity contribution in [3.8, 4) is 0 Å². The summed E-state index contributed by atoms with van der Waals surface area (Å²) in [6.07, 6.45) is 26.5. The SMILES string of the molecule is CCCCCCCCCCCCOC(=O)CCSCCC(=O)OCCCCCCCCCCCC.CCOS(=O)(=O)O.NOC(=O)C(O)SSC(O)C(=O)O. The molecular weight excluding hydrogens is 799 g/mol. The summed E-state index contributed by atoms with van der Waals surface area (Å²) in [6.45, 7) is 7.04. The quantitative estimate of drug-likeness (QED) is 0.0102. The van der Waals surface area contributed by atoms with E-state index in [0.717, 1.165) is 25.7 Å². The predicted molar refractivity (Wildman–Crippen MR) is 220 cm³/mol. The molecule has 0 aliphatic heterocycles. The molecule has 0 saturated carbocycles. The average Bonchev–Trinajstić information content (AvgIpc) is 3.14. The van der Waals surface area contributed by atoms with Gasteiger partial charge in [-0.2, -0.15) is 26.1 Å². The lowest BCUT2D eigenvalue weighted by Gasteiger charge is -2.07. The van der Waals surface area contributed by atoms with E-state index in [2.05, 4.69) is 28.8 Å². The van der Waals surface area contributed by atoms with Crippen molar-refractivity contribution in [1.82, 2.24) is 0 Å². The second-order valence-corrected chi connectivity index (χ2v) is 17.2. The largest absolute Gasteiger partial charge is 0.479 e. The number of carbonyl (C=O) groups excluding carboxylic acids is 3. The van der Waals surface area contributed by atoms with Gasteiger partial charge in [0, 0.05) is 11.5 Å². The van der Waals surface area contributed by atoms with Gasteiger partial charge >= 0.3 is 34.3 Å². The number of esters is 2. The normalized spacial score (nSPS) is 12.0. The third kappa shape index (κ3) is 50.7. The highest BCUT2D eigenvalue weighted by Gasteiger charge is 2.22. The Morgan fingerprint density at radius 1 is 0.600 bits per heavy atom. The second-order valence-electron chi connectivity index (χ2n) is 12.4. The number of rotatable bonds is 35. The minimum Gasteiger partial charge on any atom is -0.479 e. The first-order valence-corrected chi connectivity index (χ1v) is 24.4. The van der Waals surface area contributed by atoms with Gasteiger partial charge in [0.05, 0.1) is 32.7 Å². The van der Waals surface area contributed by atoms with Gasteiger partial charge in [-0.05, 0) is 41.4 Å². The van der Waals surface area contributed by atoms with E-state index in [1.165, 1.54) is 110 Å². The van der Waals surface area contributed by atoms with Crippen LogP contribution in [-0.2, 0) is 48.1 Å². The zero-order valence-corrected chi connectivity index (χ0v) is 36.6. The van der Waals surface area contributed by atoms with Crippen molar-refractivity contribution in [3.05, 3.63) is 0 Å². The number of ether oxygens (including phenoxy) is 2. The number of thioether (sulfide) groups is 1. The summed E-state index contributed by atoms with van der Waals surface area (Å²) < 4.78 is 41.3. The van der Waals surface area contributed by atoms with E-state index in [4.69, 9.17) is 29.3 Å². The standard InChI is InChI=1S/C30H58O4S.C4H7NO6S2.C2H6O4S/c1-3-5-7-9-11-13-15-17-19-21-25-33-29(31)23-27-35-28-24-30(32)34-26-22-20-18-16-14-12-10-8-6-4-2;5-11-2(8)4(10)13-12-3(9)1(6)7;1-2-6-7(3,4)5/h3-28H2,1-2H3;3-4,9-10H,5H2,(H,6,7);2H2,1H3,(H,3,4,5). The molecule has 0 aliphatic carbocycles. The zero-order valence-electron chi connectivity index (χ0n) is 33.3. The molecule has 2 unspecified atom stereocenters. The van der Waals surface area contributed by atoms with Crippen molar-refractivity contribution >= 4 is 67.6 Å². The fourth-order valence-corrected chi connectivity index (χ4v) is 7.17. The number of hydrogen-bond donors (Lipinski definition) is 5. The highest BCUT2D eigenvalue weighted by Crippen LogP contribution is 2.29. The summed E-state index contributed by atoms with van der Waals surface area (Å²) in [4.78, 5) is 47.7. The molecule has 0 radical (unpaired) electrons. The zero-order chi connectivity index (χ0) is 42.0. The van der Waals surface area contributed by atoms with Crippen LogP contribution in [0, 0.1) is 0 Å². The Hall–Kier alpha value is -1.32. The van der Waals surface area contributed by atoms with Crippen molar-refractivity contribution in [2.45, 2.75) is 173 Å². The molecule has 55 heavy (non-hydrogen) atoms. The molecule has 0 bridgehead atoms. The molecule has 0 spiro atoms. The monoisotopic (exact) mass is 869 g/mol. The van der Waals surface area contributed by atoms with Crippen molar-refractivity contribution in [2.75, 3.05) is 31.3 Å². The minimum atomic E-state index is -4.17. The van der Waals surface area contributed by atoms with Crippen molar-refractivity contribution < 1.29 is 66.0 Å². The Morgan fingerprint density at radius 3 is 1.24 bits per heavy atom. The molecule has 0 fully saturated rings. The van der Waals surface area contributed by atoms with Crippen LogP contribution in [0.1, 0.15) is 162 Å². The predicted octanol–water partition coefficient (Wildman–Crippen LogP) is 7.76. The molecule has 0 aromatic carbocycles. The van der Waals surface area contributed by atoms with Gasteiger partial charge in [0.1, 0.15) is 0 Å². The Balaban J connectivity index is -0.00000110. The van der Waals surface area contributed by atoms with Crippen molar-refractivity contribution in [1.29, 1.82) is 0 Å². The van der Waals surface area contributed by atoms with E-state index < -0.39 is 33.2 Å². The minimum absolute atomic E-state index is 0.0289. The first kappa shape index (κ1) is 58.0. The topological polar surface area (TPSA) is 246 Å². The summed E-state index contributed by atoms with van der Waals surface area (Å²) in [5.74, 6) is 3.04. The van der Waals surface area contributed by atoms with Crippen LogP contribution in [0.4, 0.5) is 0 Å². The Kier molecular flexibility index (Phi) is 46.2. The highest BCUT2D eigenvalue weighted by molar-refractivity contribution is 8.77. The van der Waals surface area contributed by atoms with E-state index >= 15 is 0 Å². The van der Waals surface area contributed by atoms with Gasteiger partial charge < -0.3 is 29.6 Å². The van der Waals surface area contributed by atoms with Crippen molar-refractivity contribution in [2.24, 2.45) is 5.90 Å². The molecule has 19 heteroatoms. The first-order chi connectivity index (χ1) is 26.2. The summed E-state index contributed by atoms with van der Waals surface area (Å²) in [5.41, 5.74) is -3.34. The number of hydrogen-bond acceptors (Lipinski definition) is 16. The van der Waals surface area contributed by atoms with Crippen LogP contribution in [0.3, 0.4) is 0 Å². The Morgan fingerprint density at radius 2 is 0.945 bits per heavy atom. The molecular formula is C36H71NO14S4. The summed E-state index contributed by atoms with van der Waals surface area (Å²) in [6, 6.07) is 0. The molecule has 0 amide bonds. The lowest BCUT2D eigenvalue weighted by atomic mass is 10.1. The van der Waals surface area contributed by atoms with Crippen molar-refractivity contribution in [3.63, 3.8) is 0 Å².